The fourth-order valence-corrected chi connectivity index (χ4v) is 2.06. The van der Waals surface area contributed by atoms with Gasteiger partial charge in [0.05, 0.1) is 12.0 Å². The van der Waals surface area contributed by atoms with Crippen molar-refractivity contribution in [1.29, 1.82) is 0 Å². The smallest absolute Gasteiger partial charge is 0.310 e. The van der Waals surface area contributed by atoms with Crippen molar-refractivity contribution in [3.63, 3.8) is 0 Å². The van der Waals surface area contributed by atoms with Gasteiger partial charge in [0.25, 0.3) is 0 Å². The van der Waals surface area contributed by atoms with Crippen LogP contribution in [0.15, 0.2) is 18.2 Å². The van der Waals surface area contributed by atoms with Crippen molar-refractivity contribution in [2.75, 3.05) is 5.32 Å². The summed E-state index contributed by atoms with van der Waals surface area (Å²) in [5.74, 6) is -0.267. The Balaban J connectivity index is 2.05. The van der Waals surface area contributed by atoms with E-state index in [9.17, 15) is 4.79 Å². The number of hydrogen-bond acceptors (Lipinski definition) is 5. The number of nitrogens with zero attached hydrogens (tertiary/aromatic N) is 2. The second-order valence-corrected chi connectivity index (χ2v) is 5.15. The average molecular weight is 277 g/mol. The molecule has 6 heteroatoms. The van der Waals surface area contributed by atoms with Gasteiger partial charge in [0.2, 0.25) is 11.8 Å². The molecule has 1 aliphatic rings. The number of carbonyl (C=O) groups is 1. The third-order valence-corrected chi connectivity index (χ3v) is 2.90. The van der Waals surface area contributed by atoms with E-state index >= 15 is 0 Å². The summed E-state index contributed by atoms with van der Waals surface area (Å²) in [7, 11) is 0. The molecule has 0 aliphatic heterocycles. The lowest BCUT2D eigenvalue weighted by Gasteiger charge is -2.14. The Labute approximate surface area is 117 Å². The predicted octanol–water partition coefficient (Wildman–Crippen LogP) is 2.01. The number of anilines is 1. The normalized spacial score (nSPS) is 21.2. The molecule has 2 N–H and O–H groups in total. The number of rotatable bonds is 5. The van der Waals surface area contributed by atoms with Crippen molar-refractivity contribution in [2.24, 2.45) is 5.92 Å². The van der Waals surface area contributed by atoms with E-state index < -0.39 is 11.9 Å². The van der Waals surface area contributed by atoms with Gasteiger partial charge in [0.1, 0.15) is 0 Å². The van der Waals surface area contributed by atoms with Gasteiger partial charge in [0.15, 0.2) is 0 Å². The highest BCUT2D eigenvalue weighted by atomic mass is 16.5. The maximum atomic E-state index is 10.9. The first kappa shape index (κ1) is 14.3. The van der Waals surface area contributed by atoms with Crippen LogP contribution in [0.3, 0.4) is 0 Å². The summed E-state index contributed by atoms with van der Waals surface area (Å²) in [4.78, 5) is 19.5. The van der Waals surface area contributed by atoms with Gasteiger partial charge in [-0.3, -0.25) is 4.79 Å². The van der Waals surface area contributed by atoms with E-state index in [2.05, 4.69) is 15.3 Å². The van der Waals surface area contributed by atoms with Crippen LogP contribution in [0, 0.1) is 12.8 Å². The highest BCUT2D eigenvalue weighted by Gasteiger charge is 2.24. The molecule has 0 amide bonds. The lowest BCUT2D eigenvalue weighted by molar-refractivity contribution is -0.140. The summed E-state index contributed by atoms with van der Waals surface area (Å²) >= 11 is 0. The van der Waals surface area contributed by atoms with E-state index in [4.69, 9.17) is 9.84 Å². The monoisotopic (exact) mass is 277 g/mol. The molecule has 2 rings (SSSR count). The highest BCUT2D eigenvalue weighted by Crippen LogP contribution is 2.21. The second-order valence-electron chi connectivity index (χ2n) is 5.15. The Bertz CT molecular complexity index is 528. The topological polar surface area (TPSA) is 84.3 Å². The van der Waals surface area contributed by atoms with Crippen LogP contribution in [0.1, 0.15) is 26.0 Å². The van der Waals surface area contributed by atoms with Crippen LogP contribution in [0.4, 0.5) is 5.95 Å². The van der Waals surface area contributed by atoms with Gasteiger partial charge in [-0.1, -0.05) is 12.2 Å². The summed E-state index contributed by atoms with van der Waals surface area (Å²) < 4.78 is 5.56. The van der Waals surface area contributed by atoms with Crippen molar-refractivity contribution in [3.8, 4) is 5.88 Å². The summed E-state index contributed by atoms with van der Waals surface area (Å²) in [6.45, 7) is 5.73. The number of ether oxygens (including phenoxy) is 1. The van der Waals surface area contributed by atoms with Crippen molar-refractivity contribution in [2.45, 2.75) is 39.3 Å². The van der Waals surface area contributed by atoms with Crippen LogP contribution < -0.4 is 10.1 Å². The Morgan fingerprint density at radius 3 is 2.80 bits per heavy atom. The van der Waals surface area contributed by atoms with Gasteiger partial charge in [-0.05, 0) is 27.2 Å². The Morgan fingerprint density at radius 2 is 2.20 bits per heavy atom. The predicted molar refractivity (Wildman–Crippen MR) is 74.8 cm³/mol. The van der Waals surface area contributed by atoms with Crippen molar-refractivity contribution in [1.82, 2.24) is 9.97 Å². The van der Waals surface area contributed by atoms with Gasteiger partial charge in [-0.25, -0.2) is 4.98 Å². The van der Waals surface area contributed by atoms with Crippen LogP contribution in [0.2, 0.25) is 0 Å². The van der Waals surface area contributed by atoms with Crippen LogP contribution in [0.25, 0.3) is 0 Å². The van der Waals surface area contributed by atoms with Crippen molar-refractivity contribution >= 4 is 11.9 Å². The SMILES string of the molecule is Cc1cc(OC(C)C)nc(NC2C=CC(C(=O)O)C2)n1. The molecule has 0 bridgehead atoms. The number of hydrogen-bond donors (Lipinski definition) is 2. The van der Waals surface area contributed by atoms with Crippen LogP contribution in [0.5, 0.6) is 5.88 Å². The zero-order valence-electron chi connectivity index (χ0n) is 11.8. The summed E-state index contributed by atoms with van der Waals surface area (Å²) in [6.07, 6.45) is 4.09. The molecule has 1 aromatic heterocycles. The van der Waals surface area contributed by atoms with E-state index in [-0.39, 0.29) is 12.1 Å². The average Bonchev–Trinajstić information content (AvgIpc) is 2.75. The molecule has 0 fully saturated rings. The molecule has 6 nitrogen and oxygen atoms in total. The molecule has 0 aromatic carbocycles. The first-order chi connectivity index (χ1) is 9.44. The van der Waals surface area contributed by atoms with E-state index in [1.54, 1.807) is 12.1 Å². The Hall–Kier alpha value is -2.11. The van der Waals surface area contributed by atoms with Crippen LogP contribution in [-0.4, -0.2) is 33.2 Å². The largest absolute Gasteiger partial charge is 0.481 e. The number of carboxylic acids is 1. The van der Waals surface area contributed by atoms with E-state index in [1.165, 1.54) is 0 Å². The lowest BCUT2D eigenvalue weighted by Crippen LogP contribution is -2.20. The maximum absolute atomic E-state index is 10.9. The maximum Gasteiger partial charge on any atom is 0.310 e. The molecular formula is C14H19N3O3. The van der Waals surface area contributed by atoms with Gasteiger partial charge in [-0.15, -0.1) is 0 Å². The van der Waals surface area contributed by atoms with Gasteiger partial charge < -0.3 is 15.2 Å². The van der Waals surface area contributed by atoms with Crippen molar-refractivity contribution < 1.29 is 14.6 Å². The molecule has 2 atom stereocenters. The molecule has 1 aliphatic carbocycles. The number of carboxylic acid groups (broad SMARTS) is 1. The minimum Gasteiger partial charge on any atom is -0.481 e. The molecule has 1 heterocycles. The Morgan fingerprint density at radius 1 is 1.45 bits per heavy atom. The molecule has 1 aromatic rings. The number of nitrogens with one attached hydrogen (secondary N) is 1. The van der Waals surface area contributed by atoms with Gasteiger partial charge >= 0.3 is 5.97 Å². The fourth-order valence-electron chi connectivity index (χ4n) is 2.06. The molecule has 0 saturated carbocycles. The third-order valence-electron chi connectivity index (χ3n) is 2.90. The molecule has 0 spiro atoms. The van der Waals surface area contributed by atoms with E-state index in [0.29, 0.717) is 18.2 Å². The Kier molecular flexibility index (Phi) is 4.22. The standard InChI is InChI=1S/C14H19N3O3/c1-8(2)20-12-6-9(3)15-14(17-12)16-11-5-4-10(7-11)13(18)19/h4-6,8,10-11H,7H2,1-3H3,(H,18,19)(H,15,16,17). The molecule has 0 saturated heterocycles. The van der Waals surface area contributed by atoms with Crippen LogP contribution in [-0.2, 0) is 4.79 Å². The zero-order valence-corrected chi connectivity index (χ0v) is 11.8. The zero-order chi connectivity index (χ0) is 14.7. The van der Waals surface area contributed by atoms with Gasteiger partial charge in [-0.2, -0.15) is 4.98 Å². The number of aryl methyl sites for hydroxylation is 1. The van der Waals surface area contributed by atoms with Crippen LogP contribution >= 0.6 is 0 Å². The number of aliphatic carboxylic acids is 1. The van der Waals surface area contributed by atoms with Gasteiger partial charge in [0, 0.05) is 17.8 Å². The summed E-state index contributed by atoms with van der Waals surface area (Å²) in [5.41, 5.74) is 0.801. The molecule has 108 valence electrons. The van der Waals surface area contributed by atoms with E-state index in [1.807, 2.05) is 26.8 Å². The van der Waals surface area contributed by atoms with E-state index in [0.717, 1.165) is 5.69 Å². The fraction of sp³-hybridized carbons (Fsp3) is 0.500. The molecule has 0 radical (unpaired) electrons. The van der Waals surface area contributed by atoms with Crippen molar-refractivity contribution in [3.05, 3.63) is 23.9 Å². The number of aromatic nitrogens is 2. The summed E-state index contributed by atoms with van der Waals surface area (Å²) in [5, 5.41) is 12.1. The minimum atomic E-state index is -0.806. The molecule has 2 unspecified atom stereocenters. The quantitative estimate of drug-likeness (QED) is 0.801. The summed E-state index contributed by atoms with van der Waals surface area (Å²) in [6, 6.07) is 1.71. The lowest BCUT2D eigenvalue weighted by atomic mass is 10.1. The first-order valence-corrected chi connectivity index (χ1v) is 6.64. The highest BCUT2D eigenvalue weighted by molar-refractivity contribution is 5.73. The first-order valence-electron chi connectivity index (χ1n) is 6.64. The third kappa shape index (κ3) is 3.69. The minimum absolute atomic E-state index is 0.0416. The second kappa shape index (κ2) is 5.90. The molecule has 20 heavy (non-hydrogen) atoms. The molecular weight excluding hydrogens is 258 g/mol.